The number of benzene rings is 2. The van der Waals surface area contributed by atoms with Gasteiger partial charge in [0.25, 0.3) is 5.91 Å². The number of carbonyl (C=O) groups excluding carboxylic acids is 1. The largest absolute Gasteiger partial charge is 0.497 e. The second-order valence-corrected chi connectivity index (χ2v) is 7.71. The standard InChI is InChI=1S/C22H23ClN4O3S/c1-4-27-21(25-26-22(27)31-14-16-7-5-6-8-18(16)23)24-20(28)12-9-15-13-17(29-2)10-11-19(15)30-3/h5-13H,4,14H2,1-3H3,(H,24,25,28)/b12-9+. The second kappa shape index (κ2) is 10.9. The van der Waals surface area contributed by atoms with Crippen molar-refractivity contribution < 1.29 is 14.3 Å². The minimum Gasteiger partial charge on any atom is -0.497 e. The van der Waals surface area contributed by atoms with Crippen LogP contribution in [0.25, 0.3) is 6.08 Å². The number of aromatic nitrogens is 3. The van der Waals surface area contributed by atoms with Crippen molar-refractivity contribution in [3.63, 3.8) is 0 Å². The van der Waals surface area contributed by atoms with Gasteiger partial charge < -0.3 is 9.47 Å². The Labute approximate surface area is 190 Å². The maximum Gasteiger partial charge on any atom is 0.250 e. The lowest BCUT2D eigenvalue weighted by Crippen LogP contribution is -2.13. The summed E-state index contributed by atoms with van der Waals surface area (Å²) >= 11 is 7.74. The molecule has 0 aliphatic rings. The van der Waals surface area contributed by atoms with Crippen molar-refractivity contribution in [1.82, 2.24) is 14.8 Å². The number of halogens is 1. The minimum absolute atomic E-state index is 0.324. The molecule has 0 fully saturated rings. The second-order valence-electron chi connectivity index (χ2n) is 6.36. The molecule has 3 aromatic rings. The van der Waals surface area contributed by atoms with Gasteiger partial charge >= 0.3 is 0 Å². The van der Waals surface area contributed by atoms with Gasteiger partial charge in [-0.05, 0) is 42.8 Å². The van der Waals surface area contributed by atoms with Gasteiger partial charge in [-0.3, -0.25) is 14.7 Å². The van der Waals surface area contributed by atoms with E-state index in [2.05, 4.69) is 15.5 Å². The number of nitrogens with one attached hydrogen (secondary N) is 1. The fourth-order valence-electron chi connectivity index (χ4n) is 2.82. The third kappa shape index (κ3) is 5.80. The molecule has 1 heterocycles. The van der Waals surface area contributed by atoms with Crippen molar-refractivity contribution in [3.8, 4) is 11.5 Å². The van der Waals surface area contributed by atoms with Crippen LogP contribution < -0.4 is 14.8 Å². The summed E-state index contributed by atoms with van der Waals surface area (Å²) in [5.41, 5.74) is 1.74. The Bertz CT molecular complexity index is 1080. The van der Waals surface area contributed by atoms with Gasteiger partial charge in [0, 0.05) is 29.0 Å². The van der Waals surface area contributed by atoms with Crippen molar-refractivity contribution in [1.29, 1.82) is 0 Å². The van der Waals surface area contributed by atoms with E-state index in [9.17, 15) is 4.79 Å². The van der Waals surface area contributed by atoms with Gasteiger partial charge in [0.05, 0.1) is 14.2 Å². The fraction of sp³-hybridized carbons (Fsp3) is 0.227. The van der Waals surface area contributed by atoms with Gasteiger partial charge in [0.15, 0.2) is 5.16 Å². The zero-order valence-electron chi connectivity index (χ0n) is 17.5. The molecular formula is C22H23ClN4O3S. The smallest absolute Gasteiger partial charge is 0.250 e. The molecule has 1 N–H and O–H groups in total. The molecule has 9 heteroatoms. The number of anilines is 1. The number of thioether (sulfide) groups is 1. The lowest BCUT2D eigenvalue weighted by molar-refractivity contribution is -0.111. The molecule has 3 rings (SSSR count). The quantitative estimate of drug-likeness (QED) is 0.362. The normalized spacial score (nSPS) is 11.0. The van der Waals surface area contributed by atoms with Crippen LogP contribution in [0.3, 0.4) is 0 Å². The maximum absolute atomic E-state index is 12.5. The first kappa shape index (κ1) is 22.7. The third-order valence-electron chi connectivity index (χ3n) is 4.43. The Kier molecular flexibility index (Phi) is 7.97. The molecule has 0 unspecified atom stereocenters. The molecule has 0 spiro atoms. The average Bonchev–Trinajstić information content (AvgIpc) is 3.18. The molecule has 7 nitrogen and oxygen atoms in total. The molecule has 0 aliphatic carbocycles. The monoisotopic (exact) mass is 458 g/mol. The van der Waals surface area contributed by atoms with E-state index in [0.717, 1.165) is 11.1 Å². The fourth-order valence-corrected chi connectivity index (χ4v) is 4.11. The van der Waals surface area contributed by atoms with E-state index in [1.807, 2.05) is 35.8 Å². The highest BCUT2D eigenvalue weighted by Gasteiger charge is 2.14. The van der Waals surface area contributed by atoms with Crippen LogP contribution in [0.2, 0.25) is 5.02 Å². The van der Waals surface area contributed by atoms with E-state index in [1.54, 1.807) is 38.5 Å². The van der Waals surface area contributed by atoms with Crippen LogP contribution in [0, 0.1) is 0 Å². The first-order valence-electron chi connectivity index (χ1n) is 9.56. The predicted molar refractivity (Wildman–Crippen MR) is 124 cm³/mol. The summed E-state index contributed by atoms with van der Waals surface area (Å²) in [6.45, 7) is 2.58. The highest BCUT2D eigenvalue weighted by molar-refractivity contribution is 7.98. The highest BCUT2D eigenvalue weighted by atomic mass is 35.5. The van der Waals surface area contributed by atoms with E-state index in [-0.39, 0.29) is 5.91 Å². The Morgan fingerprint density at radius 1 is 1.19 bits per heavy atom. The van der Waals surface area contributed by atoms with Crippen LogP contribution in [0.5, 0.6) is 11.5 Å². The number of methoxy groups -OCH3 is 2. The van der Waals surface area contributed by atoms with Gasteiger partial charge in [-0.25, -0.2) is 0 Å². The van der Waals surface area contributed by atoms with E-state index in [4.69, 9.17) is 21.1 Å². The lowest BCUT2D eigenvalue weighted by Gasteiger charge is -2.08. The zero-order valence-corrected chi connectivity index (χ0v) is 19.0. The summed E-state index contributed by atoms with van der Waals surface area (Å²) in [5.74, 6) is 2.03. The predicted octanol–water partition coefficient (Wildman–Crippen LogP) is 4.91. The Balaban J connectivity index is 1.69. The molecule has 0 aliphatic heterocycles. The molecule has 0 bridgehead atoms. The summed E-state index contributed by atoms with van der Waals surface area (Å²) in [7, 11) is 3.16. The SMILES string of the molecule is CCn1c(NC(=O)/C=C/c2cc(OC)ccc2OC)nnc1SCc1ccccc1Cl. The van der Waals surface area contributed by atoms with Crippen LogP contribution in [-0.2, 0) is 17.1 Å². The molecule has 2 aromatic carbocycles. The van der Waals surface area contributed by atoms with Crippen molar-refractivity contribution in [2.24, 2.45) is 0 Å². The molecule has 0 saturated carbocycles. The van der Waals surface area contributed by atoms with Gasteiger partial charge in [-0.15, -0.1) is 10.2 Å². The number of hydrogen-bond donors (Lipinski definition) is 1. The first-order chi connectivity index (χ1) is 15.0. The summed E-state index contributed by atoms with van der Waals surface area (Å²) in [4.78, 5) is 12.5. The number of rotatable bonds is 9. The number of hydrogen-bond acceptors (Lipinski definition) is 6. The third-order valence-corrected chi connectivity index (χ3v) is 5.82. The van der Waals surface area contributed by atoms with Crippen molar-refractivity contribution in [2.75, 3.05) is 19.5 Å². The van der Waals surface area contributed by atoms with Gasteiger partial charge in [0.2, 0.25) is 5.95 Å². The number of nitrogens with zero attached hydrogens (tertiary/aromatic N) is 3. The lowest BCUT2D eigenvalue weighted by atomic mass is 10.1. The van der Waals surface area contributed by atoms with Crippen molar-refractivity contribution in [3.05, 3.63) is 64.7 Å². The molecule has 0 radical (unpaired) electrons. The Hall–Kier alpha value is -2.97. The molecule has 1 amide bonds. The molecule has 162 valence electrons. The summed E-state index contributed by atoms with van der Waals surface area (Å²) in [5, 5.41) is 12.5. The summed E-state index contributed by atoms with van der Waals surface area (Å²) < 4.78 is 12.4. The topological polar surface area (TPSA) is 78.3 Å². The zero-order chi connectivity index (χ0) is 22.2. The molecule has 0 saturated heterocycles. The van der Waals surface area contributed by atoms with Crippen LogP contribution in [-0.4, -0.2) is 34.9 Å². The van der Waals surface area contributed by atoms with E-state index in [1.165, 1.54) is 17.8 Å². The Morgan fingerprint density at radius 2 is 2.00 bits per heavy atom. The van der Waals surface area contributed by atoms with E-state index < -0.39 is 0 Å². The minimum atomic E-state index is -0.324. The van der Waals surface area contributed by atoms with E-state index >= 15 is 0 Å². The number of amides is 1. The Morgan fingerprint density at radius 3 is 2.71 bits per heavy atom. The van der Waals surface area contributed by atoms with Gasteiger partial charge in [-0.1, -0.05) is 41.6 Å². The van der Waals surface area contributed by atoms with Crippen molar-refractivity contribution in [2.45, 2.75) is 24.4 Å². The van der Waals surface area contributed by atoms with Crippen LogP contribution in [0.1, 0.15) is 18.1 Å². The molecule has 31 heavy (non-hydrogen) atoms. The summed E-state index contributed by atoms with van der Waals surface area (Å²) in [6, 6.07) is 13.0. The molecular weight excluding hydrogens is 436 g/mol. The van der Waals surface area contributed by atoms with Gasteiger partial charge in [-0.2, -0.15) is 0 Å². The van der Waals surface area contributed by atoms with Crippen LogP contribution in [0.15, 0.2) is 53.7 Å². The molecule has 1 aromatic heterocycles. The molecule has 0 atom stereocenters. The van der Waals surface area contributed by atoms with Gasteiger partial charge in [0.1, 0.15) is 11.5 Å². The van der Waals surface area contributed by atoms with Crippen LogP contribution in [0.4, 0.5) is 5.95 Å². The first-order valence-corrected chi connectivity index (χ1v) is 10.9. The average molecular weight is 459 g/mol. The number of carbonyl (C=O) groups is 1. The highest BCUT2D eigenvalue weighted by Crippen LogP contribution is 2.27. The van der Waals surface area contributed by atoms with E-state index in [0.29, 0.717) is 39.9 Å². The maximum atomic E-state index is 12.5. The van der Waals surface area contributed by atoms with Crippen molar-refractivity contribution >= 4 is 41.3 Å². The van der Waals surface area contributed by atoms with Crippen LogP contribution >= 0.6 is 23.4 Å². The number of ether oxygens (including phenoxy) is 2. The summed E-state index contributed by atoms with van der Waals surface area (Å²) in [6.07, 6.45) is 3.08.